The van der Waals surface area contributed by atoms with Gasteiger partial charge in [0.1, 0.15) is 0 Å². The predicted molar refractivity (Wildman–Crippen MR) is 83.2 cm³/mol. The number of hydrogen-bond donors (Lipinski definition) is 0. The van der Waals surface area contributed by atoms with E-state index in [1.807, 2.05) is 13.8 Å². The molecule has 0 fully saturated rings. The monoisotopic (exact) mass is 266 g/mol. The van der Waals surface area contributed by atoms with Crippen LogP contribution in [-0.2, 0) is 9.47 Å². The third-order valence-electron chi connectivity index (χ3n) is 2.77. The lowest BCUT2D eigenvalue weighted by Gasteiger charge is -2.18. The fourth-order valence-electron chi connectivity index (χ4n) is 1.68. The molecule has 0 aromatic heterocycles. The van der Waals surface area contributed by atoms with Crippen LogP contribution in [0.1, 0.15) is 53.9 Å². The van der Waals surface area contributed by atoms with Gasteiger partial charge in [0.15, 0.2) is 6.29 Å². The summed E-state index contributed by atoms with van der Waals surface area (Å²) in [5.74, 6) is 0. The minimum absolute atomic E-state index is 0.267. The Labute approximate surface area is 119 Å². The quantitative estimate of drug-likeness (QED) is 0.408. The lowest BCUT2D eigenvalue weighted by atomic mass is 10.1. The second-order valence-corrected chi connectivity index (χ2v) is 4.98. The van der Waals surface area contributed by atoms with E-state index in [4.69, 9.17) is 9.47 Å². The first-order chi connectivity index (χ1) is 9.01. The smallest absolute Gasteiger partial charge is 0.179 e. The van der Waals surface area contributed by atoms with Crippen molar-refractivity contribution in [2.45, 2.75) is 60.2 Å². The van der Waals surface area contributed by atoms with Crippen molar-refractivity contribution in [2.24, 2.45) is 0 Å². The first kappa shape index (κ1) is 18.1. The maximum atomic E-state index is 5.53. The molecule has 110 valence electrons. The Kier molecular flexibility index (Phi) is 10.5. The zero-order valence-electron chi connectivity index (χ0n) is 13.3. The van der Waals surface area contributed by atoms with Gasteiger partial charge in [-0.05, 0) is 59.5 Å². The van der Waals surface area contributed by atoms with E-state index in [0.29, 0.717) is 13.2 Å². The number of hydrogen-bond acceptors (Lipinski definition) is 2. The molecule has 0 bridgehead atoms. The van der Waals surface area contributed by atoms with E-state index in [0.717, 1.165) is 24.8 Å². The van der Waals surface area contributed by atoms with Crippen LogP contribution in [0.4, 0.5) is 0 Å². The largest absolute Gasteiger partial charge is 0.349 e. The van der Waals surface area contributed by atoms with Gasteiger partial charge in [-0.1, -0.05) is 29.9 Å². The molecule has 0 aliphatic heterocycles. The molecule has 0 aromatic rings. The third kappa shape index (κ3) is 9.69. The summed E-state index contributed by atoms with van der Waals surface area (Å²) in [7, 11) is 0. The zero-order valence-corrected chi connectivity index (χ0v) is 13.3. The van der Waals surface area contributed by atoms with Gasteiger partial charge in [-0.3, -0.25) is 0 Å². The van der Waals surface area contributed by atoms with Gasteiger partial charge in [0.05, 0.1) is 0 Å². The fraction of sp³-hybridized carbons (Fsp3) is 0.647. The molecule has 0 saturated heterocycles. The van der Waals surface area contributed by atoms with Gasteiger partial charge in [0, 0.05) is 13.2 Å². The normalized spacial score (nSPS) is 11.8. The Morgan fingerprint density at radius 3 is 2.11 bits per heavy atom. The second kappa shape index (κ2) is 11.0. The molecule has 0 amide bonds. The molecule has 0 rings (SSSR count). The average molecular weight is 266 g/mol. The summed E-state index contributed by atoms with van der Waals surface area (Å²) in [6.45, 7) is 15.7. The summed E-state index contributed by atoms with van der Waals surface area (Å²) in [5, 5.41) is 0. The zero-order chi connectivity index (χ0) is 14.7. The summed E-state index contributed by atoms with van der Waals surface area (Å²) in [6, 6.07) is 0. The number of allylic oxidation sites excluding steroid dienone is 4. The van der Waals surface area contributed by atoms with E-state index in [9.17, 15) is 0 Å². The van der Waals surface area contributed by atoms with E-state index >= 15 is 0 Å². The van der Waals surface area contributed by atoms with Crippen LogP contribution in [0.2, 0.25) is 0 Å². The standard InChI is InChI=1S/C17H30O2/c1-7-18-17(19-8-2)16(6)13-12-15(5)11-9-10-14(3)4/h10,12,17H,6-9,11,13H2,1-5H3/b15-12+. The molecule has 0 unspecified atom stereocenters. The van der Waals surface area contributed by atoms with E-state index < -0.39 is 0 Å². The van der Waals surface area contributed by atoms with E-state index in [2.05, 4.69) is 39.5 Å². The lowest BCUT2D eigenvalue weighted by molar-refractivity contribution is -0.111. The van der Waals surface area contributed by atoms with Gasteiger partial charge >= 0.3 is 0 Å². The minimum atomic E-state index is -0.267. The minimum Gasteiger partial charge on any atom is -0.349 e. The Bertz CT molecular complexity index is 303. The molecule has 0 atom stereocenters. The van der Waals surface area contributed by atoms with Crippen molar-refractivity contribution in [1.82, 2.24) is 0 Å². The Balaban J connectivity index is 4.19. The average Bonchev–Trinajstić information content (AvgIpc) is 2.35. The SMILES string of the molecule is C=C(C/C=C(\C)CCC=C(C)C)C(OCC)OCC. The van der Waals surface area contributed by atoms with Crippen LogP contribution in [0, 0.1) is 0 Å². The van der Waals surface area contributed by atoms with Gasteiger partial charge < -0.3 is 9.47 Å². The van der Waals surface area contributed by atoms with Crippen LogP contribution in [0.25, 0.3) is 0 Å². The Morgan fingerprint density at radius 2 is 1.63 bits per heavy atom. The van der Waals surface area contributed by atoms with Gasteiger partial charge in [0.25, 0.3) is 0 Å². The molecule has 0 radical (unpaired) electrons. The van der Waals surface area contributed by atoms with Crippen LogP contribution < -0.4 is 0 Å². The fourth-order valence-corrected chi connectivity index (χ4v) is 1.68. The maximum absolute atomic E-state index is 5.53. The van der Waals surface area contributed by atoms with Gasteiger partial charge in [-0.15, -0.1) is 0 Å². The number of rotatable bonds is 10. The van der Waals surface area contributed by atoms with Gasteiger partial charge in [0.2, 0.25) is 0 Å². The molecule has 0 spiro atoms. The maximum Gasteiger partial charge on any atom is 0.179 e. The van der Waals surface area contributed by atoms with Crippen molar-refractivity contribution in [2.75, 3.05) is 13.2 Å². The topological polar surface area (TPSA) is 18.5 Å². The van der Waals surface area contributed by atoms with Crippen molar-refractivity contribution in [1.29, 1.82) is 0 Å². The molecular weight excluding hydrogens is 236 g/mol. The molecule has 0 saturated carbocycles. The van der Waals surface area contributed by atoms with E-state index in [-0.39, 0.29) is 6.29 Å². The first-order valence-corrected chi connectivity index (χ1v) is 7.21. The van der Waals surface area contributed by atoms with Crippen LogP contribution in [-0.4, -0.2) is 19.5 Å². The van der Waals surface area contributed by atoms with Gasteiger partial charge in [-0.2, -0.15) is 0 Å². The highest BCUT2D eigenvalue weighted by Gasteiger charge is 2.10. The third-order valence-corrected chi connectivity index (χ3v) is 2.77. The summed E-state index contributed by atoms with van der Waals surface area (Å²) < 4.78 is 11.1. The van der Waals surface area contributed by atoms with E-state index in [1.54, 1.807) is 0 Å². The summed E-state index contributed by atoms with van der Waals surface area (Å²) in [6.07, 6.45) is 7.27. The van der Waals surface area contributed by atoms with Gasteiger partial charge in [-0.25, -0.2) is 0 Å². The van der Waals surface area contributed by atoms with Crippen molar-refractivity contribution >= 4 is 0 Å². The molecule has 0 heterocycles. The molecule has 0 aliphatic carbocycles. The van der Waals surface area contributed by atoms with Crippen LogP contribution in [0.5, 0.6) is 0 Å². The van der Waals surface area contributed by atoms with Crippen LogP contribution in [0.3, 0.4) is 0 Å². The highest BCUT2D eigenvalue weighted by molar-refractivity contribution is 5.10. The summed E-state index contributed by atoms with van der Waals surface area (Å²) in [4.78, 5) is 0. The molecule has 0 aromatic carbocycles. The van der Waals surface area contributed by atoms with Crippen molar-refractivity contribution in [3.63, 3.8) is 0 Å². The first-order valence-electron chi connectivity index (χ1n) is 7.21. The van der Waals surface area contributed by atoms with Crippen molar-refractivity contribution in [3.05, 3.63) is 35.5 Å². The Hall–Kier alpha value is -0.860. The number of ether oxygens (including phenoxy) is 2. The lowest BCUT2D eigenvalue weighted by Crippen LogP contribution is -2.19. The molecule has 19 heavy (non-hydrogen) atoms. The molecular formula is C17H30O2. The van der Waals surface area contributed by atoms with Crippen LogP contribution >= 0.6 is 0 Å². The molecule has 2 heteroatoms. The van der Waals surface area contributed by atoms with E-state index in [1.165, 1.54) is 11.1 Å². The van der Waals surface area contributed by atoms with Crippen molar-refractivity contribution < 1.29 is 9.47 Å². The van der Waals surface area contributed by atoms with Crippen LogP contribution in [0.15, 0.2) is 35.5 Å². The molecule has 2 nitrogen and oxygen atoms in total. The Morgan fingerprint density at radius 1 is 1.05 bits per heavy atom. The molecule has 0 N–H and O–H groups in total. The summed E-state index contributed by atoms with van der Waals surface area (Å²) >= 11 is 0. The molecule has 0 aliphatic rings. The predicted octanol–water partition coefficient (Wildman–Crippen LogP) is 5.02. The highest BCUT2D eigenvalue weighted by atomic mass is 16.7. The second-order valence-electron chi connectivity index (χ2n) is 4.98. The van der Waals surface area contributed by atoms with Crippen molar-refractivity contribution in [3.8, 4) is 0 Å². The highest BCUT2D eigenvalue weighted by Crippen LogP contribution is 2.15. The summed E-state index contributed by atoms with van der Waals surface area (Å²) in [5.41, 5.74) is 3.76.